The van der Waals surface area contributed by atoms with E-state index in [0.717, 1.165) is 24.0 Å². The number of hydrogen-bond donors (Lipinski definition) is 1. The van der Waals surface area contributed by atoms with Gasteiger partial charge in [-0.1, -0.05) is 37.3 Å². The molecule has 0 fully saturated rings. The molecule has 0 saturated carbocycles. The van der Waals surface area contributed by atoms with Gasteiger partial charge in [-0.25, -0.2) is 0 Å². The second-order valence-electron chi connectivity index (χ2n) is 4.81. The summed E-state index contributed by atoms with van der Waals surface area (Å²) in [6, 6.07) is 7.99. The third kappa shape index (κ3) is 2.76. The molecule has 0 aliphatic heterocycles. The predicted octanol–water partition coefficient (Wildman–Crippen LogP) is 3.08. The minimum absolute atomic E-state index is 0.0512. The lowest BCUT2D eigenvalue weighted by Crippen LogP contribution is -2.40. The molecular formula is C15H19NO. The van der Waals surface area contributed by atoms with Gasteiger partial charge in [0, 0.05) is 11.6 Å². The summed E-state index contributed by atoms with van der Waals surface area (Å²) in [4.78, 5) is 12.1. The molecule has 0 heterocycles. The largest absolute Gasteiger partial charge is 0.349 e. The fraction of sp³-hybridized carbons (Fsp3) is 0.400. The maximum absolute atomic E-state index is 12.1. The van der Waals surface area contributed by atoms with Gasteiger partial charge in [0.15, 0.2) is 0 Å². The Balaban J connectivity index is 2.07. The number of amides is 1. The second-order valence-corrected chi connectivity index (χ2v) is 4.81. The van der Waals surface area contributed by atoms with Crippen molar-refractivity contribution in [1.82, 2.24) is 5.32 Å². The molecule has 2 heteroatoms. The summed E-state index contributed by atoms with van der Waals surface area (Å²) >= 11 is 0. The Bertz CT molecular complexity index is 436. The number of hydrogen-bond acceptors (Lipinski definition) is 1. The Morgan fingerprint density at radius 2 is 1.94 bits per heavy atom. The summed E-state index contributed by atoms with van der Waals surface area (Å²) in [5.41, 5.74) is 1.82. The number of aryl methyl sites for hydroxylation is 1. The second kappa shape index (κ2) is 5.17. The third-order valence-corrected chi connectivity index (χ3v) is 3.46. The van der Waals surface area contributed by atoms with Gasteiger partial charge in [0.1, 0.15) is 0 Å². The van der Waals surface area contributed by atoms with E-state index in [1.54, 1.807) is 0 Å². The first-order valence-electron chi connectivity index (χ1n) is 6.20. The molecule has 1 aliphatic carbocycles. The summed E-state index contributed by atoms with van der Waals surface area (Å²) in [6.07, 6.45) is 6.35. The van der Waals surface area contributed by atoms with Crippen LogP contribution in [0.5, 0.6) is 0 Å². The van der Waals surface area contributed by atoms with Crippen LogP contribution in [0.3, 0.4) is 0 Å². The Labute approximate surface area is 103 Å². The predicted molar refractivity (Wildman–Crippen MR) is 70.0 cm³/mol. The summed E-state index contributed by atoms with van der Waals surface area (Å²) in [5, 5.41) is 3.14. The van der Waals surface area contributed by atoms with Crippen molar-refractivity contribution in [2.45, 2.75) is 32.7 Å². The monoisotopic (exact) mass is 229 g/mol. The van der Waals surface area contributed by atoms with E-state index in [2.05, 4.69) is 24.4 Å². The lowest BCUT2D eigenvalue weighted by molar-refractivity contribution is 0.0922. The van der Waals surface area contributed by atoms with Gasteiger partial charge in [-0.05, 0) is 37.3 Å². The Kier molecular flexibility index (Phi) is 3.62. The van der Waals surface area contributed by atoms with Crippen LogP contribution >= 0.6 is 0 Å². The maximum atomic E-state index is 12.1. The van der Waals surface area contributed by atoms with Gasteiger partial charge in [-0.15, -0.1) is 0 Å². The molecule has 1 aliphatic rings. The van der Waals surface area contributed by atoms with Gasteiger partial charge in [0.2, 0.25) is 0 Å². The average molecular weight is 229 g/mol. The van der Waals surface area contributed by atoms with E-state index in [9.17, 15) is 4.79 Å². The van der Waals surface area contributed by atoms with Crippen molar-refractivity contribution in [3.8, 4) is 0 Å². The first kappa shape index (κ1) is 11.9. The molecule has 2 rings (SSSR count). The Morgan fingerprint density at radius 1 is 1.24 bits per heavy atom. The summed E-state index contributed by atoms with van der Waals surface area (Å²) in [6.45, 7) is 4.16. The molecule has 0 bridgehead atoms. The van der Waals surface area contributed by atoms with Crippen molar-refractivity contribution in [2.75, 3.05) is 0 Å². The summed E-state index contributed by atoms with van der Waals surface area (Å²) in [5.74, 6) is 0.572. The highest BCUT2D eigenvalue weighted by Crippen LogP contribution is 2.19. The van der Waals surface area contributed by atoms with Crippen LogP contribution in [0.1, 0.15) is 35.7 Å². The van der Waals surface area contributed by atoms with E-state index in [-0.39, 0.29) is 11.9 Å². The topological polar surface area (TPSA) is 29.1 Å². The van der Waals surface area contributed by atoms with Crippen LogP contribution < -0.4 is 5.32 Å². The molecule has 1 N–H and O–H groups in total. The maximum Gasteiger partial charge on any atom is 0.251 e. The molecule has 90 valence electrons. The molecular weight excluding hydrogens is 210 g/mol. The summed E-state index contributed by atoms with van der Waals surface area (Å²) < 4.78 is 0. The van der Waals surface area contributed by atoms with Crippen LogP contribution in [0.2, 0.25) is 0 Å². The number of allylic oxidation sites excluding steroid dienone is 1. The zero-order valence-corrected chi connectivity index (χ0v) is 10.4. The average Bonchev–Trinajstić information content (AvgIpc) is 2.32. The van der Waals surface area contributed by atoms with Gasteiger partial charge >= 0.3 is 0 Å². The third-order valence-electron chi connectivity index (χ3n) is 3.46. The Morgan fingerprint density at radius 3 is 2.65 bits per heavy atom. The molecule has 1 aromatic carbocycles. The number of carbonyl (C=O) groups is 1. The molecule has 0 unspecified atom stereocenters. The molecule has 0 spiro atoms. The minimum Gasteiger partial charge on any atom is -0.349 e. The van der Waals surface area contributed by atoms with E-state index >= 15 is 0 Å². The Hall–Kier alpha value is -1.57. The highest BCUT2D eigenvalue weighted by atomic mass is 16.1. The number of nitrogens with one attached hydrogen (secondary N) is 1. The van der Waals surface area contributed by atoms with E-state index in [0.29, 0.717) is 5.92 Å². The van der Waals surface area contributed by atoms with Crippen molar-refractivity contribution in [1.29, 1.82) is 0 Å². The van der Waals surface area contributed by atoms with Gasteiger partial charge in [-0.3, -0.25) is 4.79 Å². The van der Waals surface area contributed by atoms with Crippen LogP contribution in [-0.4, -0.2) is 11.9 Å². The van der Waals surface area contributed by atoms with Crippen molar-refractivity contribution in [3.05, 3.63) is 47.5 Å². The number of rotatable bonds is 2. The zero-order chi connectivity index (χ0) is 12.3. The molecule has 2 atom stereocenters. The minimum atomic E-state index is 0.0512. The molecule has 2 nitrogen and oxygen atoms in total. The lowest BCUT2D eigenvalue weighted by atomic mass is 9.90. The zero-order valence-electron chi connectivity index (χ0n) is 10.4. The van der Waals surface area contributed by atoms with Crippen molar-refractivity contribution >= 4 is 5.91 Å². The van der Waals surface area contributed by atoms with E-state index < -0.39 is 0 Å². The normalized spacial score (nSPS) is 23.4. The number of benzene rings is 1. The van der Waals surface area contributed by atoms with Gasteiger partial charge < -0.3 is 5.32 Å². The molecule has 0 radical (unpaired) electrons. The van der Waals surface area contributed by atoms with Crippen LogP contribution in [-0.2, 0) is 0 Å². The van der Waals surface area contributed by atoms with Crippen LogP contribution in [0.25, 0.3) is 0 Å². The van der Waals surface area contributed by atoms with Gasteiger partial charge in [0.25, 0.3) is 5.91 Å². The van der Waals surface area contributed by atoms with Crippen LogP contribution in [0.15, 0.2) is 36.4 Å². The molecule has 0 saturated heterocycles. The smallest absolute Gasteiger partial charge is 0.251 e. The van der Waals surface area contributed by atoms with Gasteiger partial charge in [0.05, 0.1) is 0 Å². The molecule has 0 aromatic heterocycles. The molecule has 1 aromatic rings. The first-order valence-corrected chi connectivity index (χ1v) is 6.20. The highest BCUT2D eigenvalue weighted by Gasteiger charge is 2.21. The lowest BCUT2D eigenvalue weighted by Gasteiger charge is -2.26. The first-order chi connectivity index (χ1) is 8.18. The van der Waals surface area contributed by atoms with Crippen molar-refractivity contribution < 1.29 is 4.79 Å². The molecule has 17 heavy (non-hydrogen) atoms. The van der Waals surface area contributed by atoms with Crippen molar-refractivity contribution in [3.63, 3.8) is 0 Å². The van der Waals surface area contributed by atoms with Crippen LogP contribution in [0, 0.1) is 12.8 Å². The molecule has 1 amide bonds. The fourth-order valence-electron chi connectivity index (χ4n) is 2.23. The standard InChI is InChI=1S/C15H19NO/c1-11-7-3-5-9-13(11)15(17)16-14-10-6-4-8-12(14)2/h3-7,9,12,14H,8,10H2,1-2H3,(H,16,17)/t12-,14+/m0/s1. The number of carbonyl (C=O) groups excluding carboxylic acids is 1. The van der Waals surface area contributed by atoms with Crippen LogP contribution in [0.4, 0.5) is 0 Å². The SMILES string of the molecule is Cc1ccccc1C(=O)N[C@@H]1CC=CC[C@@H]1C. The van der Waals surface area contributed by atoms with Crippen molar-refractivity contribution in [2.24, 2.45) is 5.92 Å². The van der Waals surface area contributed by atoms with E-state index in [4.69, 9.17) is 0 Å². The summed E-state index contributed by atoms with van der Waals surface area (Å²) in [7, 11) is 0. The quantitative estimate of drug-likeness (QED) is 0.776. The van der Waals surface area contributed by atoms with Gasteiger partial charge in [-0.2, -0.15) is 0 Å². The van der Waals surface area contributed by atoms with E-state index in [1.165, 1.54) is 0 Å². The highest BCUT2D eigenvalue weighted by molar-refractivity contribution is 5.95. The fourth-order valence-corrected chi connectivity index (χ4v) is 2.23. The van der Waals surface area contributed by atoms with E-state index in [1.807, 2.05) is 31.2 Å².